The van der Waals surface area contributed by atoms with E-state index in [9.17, 15) is 9.18 Å². The normalized spacial score (nSPS) is 23.5. The third kappa shape index (κ3) is 2.27. The lowest BCUT2D eigenvalue weighted by Gasteiger charge is -2.39. The average Bonchev–Trinajstić information content (AvgIpc) is 2.98. The van der Waals surface area contributed by atoms with E-state index in [1.54, 1.807) is 0 Å². The summed E-state index contributed by atoms with van der Waals surface area (Å²) in [5, 5.41) is 3.94. The summed E-state index contributed by atoms with van der Waals surface area (Å²) in [6.45, 7) is 0.227. The molecular weight excluding hydrogens is 293 g/mol. The number of aromatic nitrogens is 1. The zero-order chi connectivity index (χ0) is 16.0. The SMILES string of the molecule is CN1CC(C(=O)NCCF)C=C2c3cccc4[nH]cc(c34)CC21. The fraction of sp³-hybridized carbons (Fsp3) is 0.389. The number of H-pyrrole nitrogens is 1. The molecular formula is C18H20FN3O. The molecule has 5 heteroatoms. The van der Waals surface area contributed by atoms with Crippen molar-refractivity contribution >= 4 is 22.4 Å². The molecule has 0 spiro atoms. The molecule has 1 aromatic carbocycles. The van der Waals surface area contributed by atoms with Gasteiger partial charge in [0.05, 0.1) is 5.92 Å². The van der Waals surface area contributed by atoms with Gasteiger partial charge in [0, 0.05) is 36.2 Å². The Labute approximate surface area is 134 Å². The number of carbonyl (C=O) groups excluding carboxylic acids is 1. The Morgan fingerprint density at radius 3 is 3.17 bits per heavy atom. The minimum absolute atomic E-state index is 0.0865. The van der Waals surface area contributed by atoms with E-state index in [1.807, 2.05) is 6.07 Å². The number of hydrogen-bond acceptors (Lipinski definition) is 2. The van der Waals surface area contributed by atoms with Gasteiger partial charge in [-0.1, -0.05) is 18.2 Å². The van der Waals surface area contributed by atoms with E-state index in [0.717, 1.165) is 11.9 Å². The highest BCUT2D eigenvalue weighted by Crippen LogP contribution is 2.40. The van der Waals surface area contributed by atoms with Gasteiger partial charge in [0.15, 0.2) is 0 Å². The Kier molecular flexibility index (Phi) is 3.45. The van der Waals surface area contributed by atoms with Crippen molar-refractivity contribution in [3.63, 3.8) is 0 Å². The van der Waals surface area contributed by atoms with Crippen molar-refractivity contribution in [3.05, 3.63) is 41.6 Å². The zero-order valence-corrected chi connectivity index (χ0v) is 13.1. The number of carbonyl (C=O) groups is 1. The molecule has 2 atom stereocenters. The molecule has 0 saturated carbocycles. The van der Waals surface area contributed by atoms with Crippen molar-refractivity contribution in [2.45, 2.75) is 12.5 Å². The molecule has 1 amide bonds. The van der Waals surface area contributed by atoms with E-state index in [0.29, 0.717) is 12.6 Å². The average molecular weight is 313 g/mol. The lowest BCUT2D eigenvalue weighted by molar-refractivity contribution is -0.124. The van der Waals surface area contributed by atoms with Crippen LogP contribution in [0.15, 0.2) is 30.5 Å². The predicted molar refractivity (Wildman–Crippen MR) is 88.9 cm³/mol. The van der Waals surface area contributed by atoms with Crippen LogP contribution in [0.1, 0.15) is 11.1 Å². The molecule has 0 saturated heterocycles. The van der Waals surface area contributed by atoms with Gasteiger partial charge in [-0.2, -0.15) is 0 Å². The summed E-state index contributed by atoms with van der Waals surface area (Å²) < 4.78 is 12.3. The molecule has 0 bridgehead atoms. The molecule has 0 radical (unpaired) electrons. The number of halogens is 1. The summed E-state index contributed by atoms with van der Waals surface area (Å²) in [6.07, 6.45) is 5.14. The van der Waals surface area contributed by atoms with Crippen LogP contribution in [0.4, 0.5) is 4.39 Å². The van der Waals surface area contributed by atoms with Crippen molar-refractivity contribution in [1.82, 2.24) is 15.2 Å². The zero-order valence-electron chi connectivity index (χ0n) is 13.1. The highest BCUT2D eigenvalue weighted by atomic mass is 19.1. The van der Waals surface area contributed by atoms with E-state index >= 15 is 0 Å². The Balaban J connectivity index is 1.77. The second kappa shape index (κ2) is 5.49. The van der Waals surface area contributed by atoms with Crippen molar-refractivity contribution in [2.75, 3.05) is 26.8 Å². The standard InChI is InChI=1S/C18H20FN3O/c1-22-10-12(18(23)20-6-5-19)7-14-13-3-2-4-15-17(13)11(9-21-15)8-16(14)22/h2-4,7,9,12,16,21H,5-6,8,10H2,1H3,(H,20,23). The number of fused-ring (bicyclic) bond motifs is 2. The Hall–Kier alpha value is -2.14. The van der Waals surface area contributed by atoms with E-state index in [-0.39, 0.29) is 18.4 Å². The molecule has 2 aliphatic rings. The van der Waals surface area contributed by atoms with Crippen molar-refractivity contribution < 1.29 is 9.18 Å². The minimum atomic E-state index is -0.528. The molecule has 2 N–H and O–H groups in total. The monoisotopic (exact) mass is 313 g/mol. The summed E-state index contributed by atoms with van der Waals surface area (Å²) >= 11 is 0. The summed E-state index contributed by atoms with van der Waals surface area (Å²) in [6, 6.07) is 6.57. The fourth-order valence-corrected chi connectivity index (χ4v) is 3.92. The highest BCUT2D eigenvalue weighted by molar-refractivity contribution is 5.99. The van der Waals surface area contributed by atoms with Gasteiger partial charge in [-0.3, -0.25) is 9.69 Å². The Morgan fingerprint density at radius 1 is 1.48 bits per heavy atom. The molecule has 4 rings (SSSR count). The molecule has 1 aliphatic carbocycles. The van der Waals surface area contributed by atoms with Gasteiger partial charge in [0.2, 0.25) is 5.91 Å². The first kappa shape index (κ1) is 14.5. The van der Waals surface area contributed by atoms with Crippen molar-refractivity contribution in [3.8, 4) is 0 Å². The smallest absolute Gasteiger partial charge is 0.228 e. The predicted octanol–water partition coefficient (Wildman–Crippen LogP) is 2.12. The van der Waals surface area contributed by atoms with E-state index < -0.39 is 6.67 Å². The van der Waals surface area contributed by atoms with Crippen LogP contribution in [0.25, 0.3) is 16.5 Å². The van der Waals surface area contributed by atoms with Gasteiger partial charge < -0.3 is 10.3 Å². The van der Waals surface area contributed by atoms with Gasteiger partial charge >= 0.3 is 0 Å². The van der Waals surface area contributed by atoms with E-state index in [1.165, 1.54) is 22.1 Å². The topological polar surface area (TPSA) is 48.1 Å². The minimum Gasteiger partial charge on any atom is -0.361 e. The number of hydrogen-bond donors (Lipinski definition) is 2. The maximum atomic E-state index is 12.3. The number of aromatic amines is 1. The van der Waals surface area contributed by atoms with Gasteiger partial charge in [0.25, 0.3) is 0 Å². The number of nitrogens with zero attached hydrogens (tertiary/aromatic N) is 1. The summed E-state index contributed by atoms with van der Waals surface area (Å²) in [5.74, 6) is -0.318. The van der Waals surface area contributed by atoms with Crippen molar-refractivity contribution in [1.29, 1.82) is 0 Å². The highest BCUT2D eigenvalue weighted by Gasteiger charge is 2.35. The van der Waals surface area contributed by atoms with Gasteiger partial charge in [0.1, 0.15) is 6.67 Å². The summed E-state index contributed by atoms with van der Waals surface area (Å²) in [5.41, 5.74) is 4.91. The quantitative estimate of drug-likeness (QED) is 0.912. The van der Waals surface area contributed by atoms with Crippen LogP contribution in [0, 0.1) is 5.92 Å². The van der Waals surface area contributed by atoms with Gasteiger partial charge in [-0.05, 0) is 36.2 Å². The molecule has 4 nitrogen and oxygen atoms in total. The number of benzene rings is 1. The van der Waals surface area contributed by atoms with Crippen molar-refractivity contribution in [2.24, 2.45) is 5.92 Å². The second-order valence-electron chi connectivity index (χ2n) is 6.41. The number of likely N-dealkylation sites (N-methyl/N-ethyl adjacent to an activating group) is 1. The first-order chi connectivity index (χ1) is 11.2. The fourth-order valence-electron chi connectivity index (χ4n) is 3.92. The van der Waals surface area contributed by atoms with Crippen LogP contribution in [0.5, 0.6) is 0 Å². The maximum Gasteiger partial charge on any atom is 0.228 e. The van der Waals surface area contributed by atoms with Gasteiger partial charge in [-0.25, -0.2) is 4.39 Å². The van der Waals surface area contributed by atoms with E-state index in [4.69, 9.17) is 0 Å². The number of rotatable bonds is 3. The summed E-state index contributed by atoms with van der Waals surface area (Å²) in [7, 11) is 2.06. The molecule has 1 aromatic heterocycles. The number of alkyl halides is 1. The molecule has 2 unspecified atom stereocenters. The van der Waals surface area contributed by atoms with Crippen LogP contribution in [-0.2, 0) is 11.2 Å². The number of amides is 1. The first-order valence-electron chi connectivity index (χ1n) is 8.04. The second-order valence-corrected chi connectivity index (χ2v) is 6.41. The maximum absolute atomic E-state index is 12.3. The molecule has 120 valence electrons. The largest absolute Gasteiger partial charge is 0.361 e. The Bertz CT molecular complexity index is 795. The molecule has 1 aliphatic heterocycles. The molecule has 23 heavy (non-hydrogen) atoms. The van der Waals surface area contributed by atoms with Crippen LogP contribution in [0.3, 0.4) is 0 Å². The van der Waals surface area contributed by atoms with Crippen LogP contribution < -0.4 is 5.32 Å². The summed E-state index contributed by atoms with van der Waals surface area (Å²) in [4.78, 5) is 17.8. The molecule has 0 fully saturated rings. The first-order valence-corrected chi connectivity index (χ1v) is 8.04. The third-order valence-corrected chi connectivity index (χ3v) is 5.00. The molecule has 2 aromatic rings. The van der Waals surface area contributed by atoms with Crippen LogP contribution in [0.2, 0.25) is 0 Å². The van der Waals surface area contributed by atoms with Crippen LogP contribution in [-0.4, -0.2) is 48.6 Å². The lowest BCUT2D eigenvalue weighted by Crippen LogP contribution is -2.46. The van der Waals surface area contributed by atoms with Crippen LogP contribution >= 0.6 is 0 Å². The van der Waals surface area contributed by atoms with Gasteiger partial charge in [-0.15, -0.1) is 0 Å². The lowest BCUT2D eigenvalue weighted by atomic mass is 9.80. The molecule has 2 heterocycles. The Morgan fingerprint density at radius 2 is 2.35 bits per heavy atom. The number of nitrogens with one attached hydrogen (secondary N) is 2. The third-order valence-electron chi connectivity index (χ3n) is 5.00. The van der Waals surface area contributed by atoms with E-state index in [2.05, 4.69) is 46.7 Å².